The van der Waals surface area contributed by atoms with Gasteiger partial charge in [0.2, 0.25) is 0 Å². The summed E-state index contributed by atoms with van der Waals surface area (Å²) in [5, 5.41) is 0. The van der Waals surface area contributed by atoms with Crippen LogP contribution in [0.3, 0.4) is 0 Å². The Bertz CT molecular complexity index is 371. The fourth-order valence-electron chi connectivity index (χ4n) is 1.58. The summed E-state index contributed by atoms with van der Waals surface area (Å²) in [6.45, 7) is 0.953. The summed E-state index contributed by atoms with van der Waals surface area (Å²) in [6, 6.07) is 3.90. The highest BCUT2D eigenvalue weighted by molar-refractivity contribution is 9.11. The van der Waals surface area contributed by atoms with E-state index < -0.39 is 5.54 Å². The van der Waals surface area contributed by atoms with Gasteiger partial charge >= 0.3 is 0 Å². The van der Waals surface area contributed by atoms with Gasteiger partial charge in [-0.1, -0.05) is 0 Å². The van der Waals surface area contributed by atoms with Gasteiger partial charge in [0.1, 0.15) is 5.54 Å². The fraction of sp³-hybridized carbons (Fsp3) is 0.500. The van der Waals surface area contributed by atoms with Gasteiger partial charge in [-0.3, -0.25) is 4.79 Å². The molecule has 1 unspecified atom stereocenters. The van der Waals surface area contributed by atoms with E-state index in [-0.39, 0.29) is 5.78 Å². The van der Waals surface area contributed by atoms with E-state index in [1.54, 1.807) is 11.3 Å². The van der Waals surface area contributed by atoms with Crippen molar-refractivity contribution in [1.82, 2.24) is 0 Å². The predicted octanol–water partition coefficient (Wildman–Crippen LogP) is 1.74. The minimum atomic E-state index is -0.754. The van der Waals surface area contributed by atoms with Crippen LogP contribution in [0.25, 0.3) is 0 Å². The third kappa shape index (κ3) is 2.47. The maximum absolute atomic E-state index is 11.9. The molecule has 1 atom stereocenters. The van der Waals surface area contributed by atoms with Crippen molar-refractivity contribution >= 4 is 33.0 Å². The second kappa shape index (κ2) is 4.33. The number of nitrogens with two attached hydrogens (primary N) is 1. The van der Waals surface area contributed by atoms with Crippen LogP contribution in [0, 0.1) is 0 Å². The minimum absolute atomic E-state index is 0.0781. The second-order valence-corrected chi connectivity index (χ2v) is 6.31. The lowest BCUT2D eigenvalue weighted by atomic mass is 9.92. The average molecular weight is 290 g/mol. The summed E-state index contributed by atoms with van der Waals surface area (Å²) >= 11 is 4.94. The number of ether oxygens (including phenoxy) is 1. The van der Waals surface area contributed by atoms with Gasteiger partial charge in [-0.15, -0.1) is 11.3 Å². The maximum atomic E-state index is 11.9. The third-order valence-corrected chi connectivity index (χ3v) is 4.19. The van der Waals surface area contributed by atoms with Gasteiger partial charge in [0, 0.05) is 17.9 Å². The number of thiophene rings is 1. The van der Waals surface area contributed by atoms with Crippen molar-refractivity contribution in [2.45, 2.75) is 18.4 Å². The molecule has 5 heteroatoms. The summed E-state index contributed by atoms with van der Waals surface area (Å²) in [4.78, 5) is 13.0. The van der Waals surface area contributed by atoms with E-state index in [4.69, 9.17) is 10.5 Å². The summed E-state index contributed by atoms with van der Waals surface area (Å²) < 4.78 is 6.21. The van der Waals surface area contributed by atoms with Crippen LogP contribution in [0.4, 0.5) is 0 Å². The Labute approximate surface area is 101 Å². The molecule has 15 heavy (non-hydrogen) atoms. The van der Waals surface area contributed by atoms with Crippen LogP contribution in [-0.4, -0.2) is 24.5 Å². The number of hydrogen-bond donors (Lipinski definition) is 1. The highest BCUT2D eigenvalue weighted by Crippen LogP contribution is 2.25. The molecule has 0 aromatic carbocycles. The molecule has 0 spiro atoms. The van der Waals surface area contributed by atoms with Crippen LogP contribution in [0.5, 0.6) is 0 Å². The molecular formula is C10H12BrNO2S. The molecule has 2 heterocycles. The second-order valence-electron chi connectivity index (χ2n) is 3.76. The average Bonchev–Trinajstić information content (AvgIpc) is 2.76. The maximum Gasteiger partial charge on any atom is 0.160 e. The Kier molecular flexibility index (Phi) is 3.25. The van der Waals surface area contributed by atoms with Crippen LogP contribution in [0.1, 0.15) is 11.3 Å². The van der Waals surface area contributed by atoms with Crippen LogP contribution in [-0.2, 0) is 16.0 Å². The molecule has 1 aliphatic heterocycles. The lowest BCUT2D eigenvalue weighted by Crippen LogP contribution is -2.49. The first-order valence-corrected chi connectivity index (χ1v) is 6.35. The van der Waals surface area contributed by atoms with E-state index in [1.165, 1.54) is 0 Å². The summed E-state index contributed by atoms with van der Waals surface area (Å²) in [7, 11) is 0. The van der Waals surface area contributed by atoms with Gasteiger partial charge in [-0.05, 0) is 34.5 Å². The van der Waals surface area contributed by atoms with Crippen molar-refractivity contribution < 1.29 is 9.53 Å². The number of hydrogen-bond acceptors (Lipinski definition) is 4. The molecule has 1 aromatic heterocycles. The molecule has 1 aromatic rings. The Morgan fingerprint density at radius 3 is 3.00 bits per heavy atom. The SMILES string of the molecule is NC1(C(=O)Cc2ccc(Br)s2)CCOC1. The van der Waals surface area contributed by atoms with E-state index in [9.17, 15) is 4.79 Å². The molecule has 1 aliphatic rings. The number of carbonyl (C=O) groups excluding carboxylic acids is 1. The molecular weight excluding hydrogens is 278 g/mol. The standard InChI is InChI=1S/C10H12BrNO2S/c11-9-2-1-7(15-9)5-8(13)10(12)3-4-14-6-10/h1-2H,3-6,12H2. The summed E-state index contributed by atoms with van der Waals surface area (Å²) in [5.74, 6) is 0.0781. The first kappa shape index (κ1) is 11.3. The highest BCUT2D eigenvalue weighted by Gasteiger charge is 2.37. The molecule has 1 fully saturated rings. The first-order valence-electron chi connectivity index (χ1n) is 4.74. The van der Waals surface area contributed by atoms with Gasteiger partial charge in [0.05, 0.1) is 10.4 Å². The minimum Gasteiger partial charge on any atom is -0.379 e. The number of halogens is 1. The number of ketones is 1. The fourth-order valence-corrected chi connectivity index (χ4v) is 3.06. The largest absolute Gasteiger partial charge is 0.379 e. The van der Waals surface area contributed by atoms with Crippen molar-refractivity contribution in [2.75, 3.05) is 13.2 Å². The van der Waals surface area contributed by atoms with Gasteiger partial charge < -0.3 is 10.5 Å². The monoisotopic (exact) mass is 289 g/mol. The molecule has 2 rings (SSSR count). The molecule has 1 saturated heterocycles. The smallest absolute Gasteiger partial charge is 0.160 e. The van der Waals surface area contributed by atoms with Crippen molar-refractivity contribution in [1.29, 1.82) is 0 Å². The normalized spacial score (nSPS) is 25.7. The zero-order valence-corrected chi connectivity index (χ0v) is 10.6. The van der Waals surface area contributed by atoms with Gasteiger partial charge in [0.25, 0.3) is 0 Å². The zero-order valence-electron chi connectivity index (χ0n) is 8.16. The van der Waals surface area contributed by atoms with Crippen molar-refractivity contribution in [2.24, 2.45) is 5.73 Å². The van der Waals surface area contributed by atoms with Crippen LogP contribution in [0.2, 0.25) is 0 Å². The van der Waals surface area contributed by atoms with Crippen molar-refractivity contribution in [3.05, 3.63) is 20.8 Å². The summed E-state index contributed by atoms with van der Waals surface area (Å²) in [6.07, 6.45) is 1.05. The third-order valence-electron chi connectivity index (χ3n) is 2.57. The first-order chi connectivity index (χ1) is 7.10. The summed E-state index contributed by atoms with van der Waals surface area (Å²) in [5.41, 5.74) is 5.22. The van der Waals surface area contributed by atoms with Crippen LogP contribution in [0.15, 0.2) is 15.9 Å². The molecule has 0 amide bonds. The Morgan fingerprint density at radius 1 is 1.67 bits per heavy atom. The lowest BCUT2D eigenvalue weighted by molar-refractivity contribution is -0.123. The quantitative estimate of drug-likeness (QED) is 0.922. The molecule has 0 saturated carbocycles. The predicted molar refractivity (Wildman–Crippen MR) is 63.1 cm³/mol. The Balaban J connectivity index is 2.03. The van der Waals surface area contributed by atoms with E-state index in [0.717, 1.165) is 8.66 Å². The van der Waals surface area contributed by atoms with Crippen LogP contribution < -0.4 is 5.73 Å². The van der Waals surface area contributed by atoms with Crippen LogP contribution >= 0.6 is 27.3 Å². The molecule has 82 valence electrons. The molecule has 2 N–H and O–H groups in total. The molecule has 0 radical (unpaired) electrons. The molecule has 0 bridgehead atoms. The van der Waals surface area contributed by atoms with Crippen molar-refractivity contribution in [3.8, 4) is 0 Å². The van der Waals surface area contributed by atoms with Crippen molar-refractivity contribution in [3.63, 3.8) is 0 Å². The van der Waals surface area contributed by atoms with E-state index in [2.05, 4.69) is 15.9 Å². The highest BCUT2D eigenvalue weighted by atomic mass is 79.9. The molecule has 3 nitrogen and oxygen atoms in total. The number of carbonyl (C=O) groups is 1. The van der Waals surface area contributed by atoms with Gasteiger partial charge in [-0.25, -0.2) is 0 Å². The topological polar surface area (TPSA) is 52.3 Å². The Morgan fingerprint density at radius 2 is 2.47 bits per heavy atom. The zero-order chi connectivity index (χ0) is 10.9. The lowest BCUT2D eigenvalue weighted by Gasteiger charge is -2.19. The Hall–Kier alpha value is -0.230. The van der Waals surface area contributed by atoms with E-state index in [0.29, 0.717) is 26.1 Å². The van der Waals surface area contributed by atoms with E-state index in [1.807, 2.05) is 12.1 Å². The number of rotatable bonds is 3. The van der Waals surface area contributed by atoms with Gasteiger partial charge in [-0.2, -0.15) is 0 Å². The number of Topliss-reactive ketones (excluding diaryl/α,β-unsaturated/α-hetero) is 1. The van der Waals surface area contributed by atoms with Gasteiger partial charge in [0.15, 0.2) is 5.78 Å². The van der Waals surface area contributed by atoms with E-state index >= 15 is 0 Å². The molecule has 0 aliphatic carbocycles.